The number of hydroxylamine groups is 1. The molecule has 0 heterocycles. The van der Waals surface area contributed by atoms with Gasteiger partial charge in [-0.05, 0) is 60.6 Å². The minimum Gasteiger partial charge on any atom is -0.496 e. The second-order valence-electron chi connectivity index (χ2n) is 6.93. The van der Waals surface area contributed by atoms with Crippen LogP contribution in [0.3, 0.4) is 0 Å². The molecular weight excluding hydrogens is 331 g/mol. The van der Waals surface area contributed by atoms with Crippen LogP contribution in [0.25, 0.3) is 0 Å². The molecule has 3 rings (SSSR count). The molecule has 0 atom stereocenters. The van der Waals surface area contributed by atoms with E-state index in [1.54, 1.807) is 19.2 Å². The predicted molar refractivity (Wildman–Crippen MR) is 96.7 cm³/mol. The molecule has 1 aliphatic rings. The van der Waals surface area contributed by atoms with Crippen molar-refractivity contribution in [1.29, 1.82) is 5.26 Å². The standard InChI is InChI=1S/C21H23FN2O2/c1-26-20-7-4-17(21(14-23)10-8-19(24-25)9-11-21)13-16(20)12-15-2-5-18(22)6-3-15/h2-7,13,19,24-25H,8-12H2,1H3/t19-,21-. The molecule has 2 aromatic rings. The van der Waals surface area contributed by atoms with Gasteiger partial charge in [0.2, 0.25) is 0 Å². The lowest BCUT2D eigenvalue weighted by molar-refractivity contribution is 0.0974. The molecule has 5 heteroatoms. The zero-order valence-corrected chi connectivity index (χ0v) is 14.8. The Balaban J connectivity index is 1.91. The third-order valence-corrected chi connectivity index (χ3v) is 5.38. The van der Waals surface area contributed by atoms with Crippen LogP contribution in [0.5, 0.6) is 5.75 Å². The van der Waals surface area contributed by atoms with Crippen molar-refractivity contribution in [3.63, 3.8) is 0 Å². The highest BCUT2D eigenvalue weighted by Gasteiger charge is 2.37. The second-order valence-corrected chi connectivity index (χ2v) is 6.93. The van der Waals surface area contributed by atoms with Gasteiger partial charge in [-0.15, -0.1) is 0 Å². The molecule has 0 aliphatic heterocycles. The molecule has 2 N–H and O–H groups in total. The average molecular weight is 354 g/mol. The van der Waals surface area contributed by atoms with Crippen LogP contribution in [-0.4, -0.2) is 18.4 Å². The molecule has 1 aliphatic carbocycles. The Morgan fingerprint density at radius 3 is 2.50 bits per heavy atom. The van der Waals surface area contributed by atoms with Crippen LogP contribution in [0.15, 0.2) is 42.5 Å². The lowest BCUT2D eigenvalue weighted by Crippen LogP contribution is -2.38. The van der Waals surface area contributed by atoms with Crippen LogP contribution in [0.1, 0.15) is 42.4 Å². The van der Waals surface area contributed by atoms with Crippen molar-refractivity contribution < 1.29 is 14.3 Å². The van der Waals surface area contributed by atoms with Crippen LogP contribution in [0, 0.1) is 17.1 Å². The SMILES string of the molecule is COc1ccc([C@]2(C#N)CC[C@@H](NO)CC2)cc1Cc1ccc(F)cc1. The van der Waals surface area contributed by atoms with Crippen molar-refractivity contribution in [3.05, 3.63) is 65.0 Å². The molecule has 136 valence electrons. The molecule has 0 saturated heterocycles. The largest absolute Gasteiger partial charge is 0.496 e. The molecular formula is C21H23FN2O2. The number of benzene rings is 2. The molecule has 4 nitrogen and oxygen atoms in total. The van der Waals surface area contributed by atoms with Gasteiger partial charge in [-0.1, -0.05) is 24.3 Å². The van der Waals surface area contributed by atoms with Crippen LogP contribution in [0.2, 0.25) is 0 Å². The molecule has 0 radical (unpaired) electrons. The van der Waals surface area contributed by atoms with Gasteiger partial charge in [0.1, 0.15) is 11.6 Å². The van der Waals surface area contributed by atoms with E-state index in [0.717, 1.165) is 35.3 Å². The highest BCUT2D eigenvalue weighted by molar-refractivity contribution is 5.45. The summed E-state index contributed by atoms with van der Waals surface area (Å²) < 4.78 is 18.6. The minimum absolute atomic E-state index is 0.0495. The van der Waals surface area contributed by atoms with E-state index < -0.39 is 5.41 Å². The van der Waals surface area contributed by atoms with E-state index in [1.807, 2.05) is 18.2 Å². The van der Waals surface area contributed by atoms with Crippen LogP contribution in [0.4, 0.5) is 4.39 Å². The third-order valence-electron chi connectivity index (χ3n) is 5.38. The summed E-state index contributed by atoms with van der Waals surface area (Å²) in [6, 6.07) is 14.9. The first-order valence-corrected chi connectivity index (χ1v) is 8.83. The normalized spacial score (nSPS) is 22.6. The Kier molecular flexibility index (Phi) is 5.55. The minimum atomic E-state index is -0.544. The second kappa shape index (κ2) is 7.86. The van der Waals surface area contributed by atoms with Crippen molar-refractivity contribution in [2.75, 3.05) is 7.11 Å². The molecule has 0 spiro atoms. The zero-order valence-electron chi connectivity index (χ0n) is 14.8. The first-order valence-electron chi connectivity index (χ1n) is 8.83. The number of hydrogen-bond donors (Lipinski definition) is 2. The fourth-order valence-corrected chi connectivity index (χ4v) is 3.74. The van der Waals surface area contributed by atoms with Crippen molar-refractivity contribution in [3.8, 4) is 11.8 Å². The van der Waals surface area contributed by atoms with Gasteiger partial charge in [-0.2, -0.15) is 5.26 Å². The van der Waals surface area contributed by atoms with Gasteiger partial charge in [0.25, 0.3) is 0 Å². The van der Waals surface area contributed by atoms with Gasteiger partial charge in [0, 0.05) is 12.5 Å². The van der Waals surface area contributed by atoms with Gasteiger partial charge in [-0.25, -0.2) is 9.87 Å². The summed E-state index contributed by atoms with van der Waals surface area (Å²) >= 11 is 0. The summed E-state index contributed by atoms with van der Waals surface area (Å²) in [5, 5.41) is 19.0. The maximum Gasteiger partial charge on any atom is 0.123 e. The van der Waals surface area contributed by atoms with Crippen molar-refractivity contribution in [1.82, 2.24) is 5.48 Å². The van der Waals surface area contributed by atoms with Crippen molar-refractivity contribution in [2.45, 2.75) is 43.6 Å². The van der Waals surface area contributed by atoms with Crippen LogP contribution < -0.4 is 10.2 Å². The van der Waals surface area contributed by atoms with Gasteiger partial charge >= 0.3 is 0 Å². The molecule has 2 aromatic carbocycles. The quantitative estimate of drug-likeness (QED) is 0.793. The number of halogens is 1. The smallest absolute Gasteiger partial charge is 0.123 e. The molecule has 0 unspecified atom stereocenters. The predicted octanol–water partition coefficient (Wildman–Crippen LogP) is 4.11. The summed E-state index contributed by atoms with van der Waals surface area (Å²) in [7, 11) is 1.63. The summed E-state index contributed by atoms with van der Waals surface area (Å²) in [4.78, 5) is 0. The lowest BCUT2D eigenvalue weighted by Gasteiger charge is -2.35. The number of nitriles is 1. The van der Waals surface area contributed by atoms with Gasteiger partial charge in [0.15, 0.2) is 0 Å². The first-order chi connectivity index (χ1) is 12.6. The third kappa shape index (κ3) is 3.72. The van der Waals surface area contributed by atoms with Crippen molar-refractivity contribution >= 4 is 0 Å². The Hall–Kier alpha value is -2.42. The summed E-state index contributed by atoms with van der Waals surface area (Å²) in [5.74, 6) is 0.504. The van der Waals surface area contributed by atoms with E-state index in [-0.39, 0.29) is 11.9 Å². The van der Waals surface area contributed by atoms with Gasteiger partial charge < -0.3 is 9.94 Å². The molecule has 1 saturated carbocycles. The monoisotopic (exact) mass is 354 g/mol. The fourth-order valence-electron chi connectivity index (χ4n) is 3.74. The number of nitrogens with one attached hydrogen (secondary N) is 1. The topological polar surface area (TPSA) is 65.3 Å². The van der Waals surface area contributed by atoms with E-state index in [0.29, 0.717) is 19.3 Å². The number of hydrogen-bond acceptors (Lipinski definition) is 4. The van der Waals surface area contributed by atoms with E-state index in [2.05, 4.69) is 11.5 Å². The molecule has 1 fully saturated rings. The lowest BCUT2D eigenvalue weighted by atomic mass is 9.69. The summed E-state index contributed by atoms with van der Waals surface area (Å²) in [6.45, 7) is 0. The molecule has 0 amide bonds. The highest BCUT2D eigenvalue weighted by Crippen LogP contribution is 2.40. The van der Waals surface area contributed by atoms with Gasteiger partial charge in [0.05, 0.1) is 18.6 Å². The molecule has 0 aromatic heterocycles. The molecule has 26 heavy (non-hydrogen) atoms. The van der Waals surface area contributed by atoms with Crippen LogP contribution >= 0.6 is 0 Å². The average Bonchev–Trinajstić information content (AvgIpc) is 2.69. The number of methoxy groups -OCH3 is 1. The summed E-state index contributed by atoms with van der Waals surface area (Å²) in [6.07, 6.45) is 3.51. The fraction of sp³-hybridized carbons (Fsp3) is 0.381. The maximum absolute atomic E-state index is 13.2. The number of ether oxygens (including phenoxy) is 1. The van der Waals surface area contributed by atoms with E-state index in [4.69, 9.17) is 9.94 Å². The Morgan fingerprint density at radius 2 is 1.92 bits per heavy atom. The van der Waals surface area contributed by atoms with Gasteiger partial charge in [-0.3, -0.25) is 0 Å². The summed E-state index contributed by atoms with van der Waals surface area (Å²) in [5.41, 5.74) is 4.73. The number of rotatable bonds is 5. The maximum atomic E-state index is 13.2. The number of nitrogens with zero attached hydrogens (tertiary/aromatic N) is 1. The Morgan fingerprint density at radius 1 is 1.23 bits per heavy atom. The Bertz CT molecular complexity index is 791. The van der Waals surface area contributed by atoms with E-state index in [1.165, 1.54) is 12.1 Å². The first kappa shape index (κ1) is 18.4. The van der Waals surface area contributed by atoms with Crippen LogP contribution in [-0.2, 0) is 11.8 Å². The zero-order chi connectivity index (χ0) is 18.6. The highest BCUT2D eigenvalue weighted by atomic mass is 19.1. The van der Waals surface area contributed by atoms with Crippen molar-refractivity contribution in [2.24, 2.45) is 0 Å². The van der Waals surface area contributed by atoms with E-state index in [9.17, 15) is 9.65 Å². The Labute approximate surface area is 153 Å². The molecule has 0 bridgehead atoms. The van der Waals surface area contributed by atoms with E-state index >= 15 is 0 Å².